The van der Waals surface area contributed by atoms with Gasteiger partial charge in [-0.1, -0.05) is 78.9 Å². The Morgan fingerprint density at radius 1 is 1.11 bits per heavy atom. The van der Waals surface area contributed by atoms with E-state index in [-0.39, 0.29) is 22.6 Å². The lowest BCUT2D eigenvalue weighted by atomic mass is 9.94. The molecular weight excluding hydrogens is 607 g/mol. The number of fused-ring (bicyclic) bond motifs is 1. The first-order valence-electron chi connectivity index (χ1n) is 15.0. The van der Waals surface area contributed by atoms with Gasteiger partial charge in [0, 0.05) is 17.7 Å². The van der Waals surface area contributed by atoms with E-state index < -0.39 is 17.7 Å². The van der Waals surface area contributed by atoms with Crippen molar-refractivity contribution in [1.82, 2.24) is 10.2 Å². The topological polar surface area (TPSA) is 102 Å². The number of carbonyl (C=O) groups excluding carboxylic acids is 2. The second-order valence-electron chi connectivity index (χ2n) is 11.9. The number of amides is 1. The van der Waals surface area contributed by atoms with Gasteiger partial charge in [-0.25, -0.2) is 0 Å². The maximum Gasteiger partial charge on any atom is 0.301 e. The van der Waals surface area contributed by atoms with Crippen molar-refractivity contribution in [2.45, 2.75) is 62.8 Å². The third-order valence-electron chi connectivity index (χ3n) is 7.84. The molecule has 3 heterocycles. The number of carbonyl (C=O) groups is 2. The lowest BCUT2D eigenvalue weighted by Crippen LogP contribution is -2.29. The van der Waals surface area contributed by atoms with E-state index in [0.717, 1.165) is 23.3 Å². The zero-order valence-electron chi connectivity index (χ0n) is 25.6. The number of anilines is 1. The molecule has 1 aromatic heterocycles. The normalized spacial score (nSPS) is 18.8. The molecule has 1 amide bonds. The lowest BCUT2D eigenvalue weighted by Gasteiger charge is -2.23. The molecule has 10 heteroatoms. The van der Waals surface area contributed by atoms with Crippen LogP contribution in [0.3, 0.4) is 0 Å². The molecule has 8 nitrogen and oxygen atoms in total. The van der Waals surface area contributed by atoms with Gasteiger partial charge in [0.1, 0.15) is 23.4 Å². The Balaban J connectivity index is 1.37. The van der Waals surface area contributed by atoms with Crippen molar-refractivity contribution >= 4 is 45.7 Å². The highest BCUT2D eigenvalue weighted by atomic mass is 32.2. The molecule has 2 aliphatic heterocycles. The molecule has 1 saturated heterocycles. The number of Topliss-reactive ketones (excluding diaryl/α,β-unsaturated/α-hetero) is 1. The third kappa shape index (κ3) is 6.62. The summed E-state index contributed by atoms with van der Waals surface area (Å²) in [5.74, 6) is 0.757. The Hall–Kier alpha value is -4.15. The highest BCUT2D eigenvalue weighted by molar-refractivity contribution is 8.00. The van der Waals surface area contributed by atoms with Crippen molar-refractivity contribution in [1.29, 1.82) is 0 Å². The number of aryl methyl sites for hydroxylation is 1. The largest absolute Gasteiger partial charge is 0.507 e. The predicted molar refractivity (Wildman–Crippen MR) is 177 cm³/mol. The van der Waals surface area contributed by atoms with Gasteiger partial charge < -0.3 is 14.6 Å². The van der Waals surface area contributed by atoms with Crippen molar-refractivity contribution in [3.8, 4) is 11.5 Å². The Morgan fingerprint density at radius 2 is 1.91 bits per heavy atom. The minimum atomic E-state index is -0.926. The van der Waals surface area contributed by atoms with E-state index in [0.29, 0.717) is 45.9 Å². The van der Waals surface area contributed by atoms with Crippen LogP contribution in [0.1, 0.15) is 61.1 Å². The van der Waals surface area contributed by atoms with Crippen LogP contribution in [0.4, 0.5) is 5.13 Å². The monoisotopic (exact) mass is 641 g/mol. The highest BCUT2D eigenvalue weighted by Crippen LogP contribution is 2.45. The Labute approximate surface area is 271 Å². The number of hydrogen-bond donors (Lipinski definition) is 1. The number of ether oxygens (including phenoxy) is 2. The first-order chi connectivity index (χ1) is 21.7. The highest BCUT2D eigenvalue weighted by Gasteiger charge is 2.48. The second kappa shape index (κ2) is 13.1. The van der Waals surface area contributed by atoms with Gasteiger partial charge in [-0.15, -0.1) is 10.2 Å². The number of rotatable bonds is 10. The van der Waals surface area contributed by atoms with Gasteiger partial charge >= 0.3 is 5.91 Å². The summed E-state index contributed by atoms with van der Waals surface area (Å²) < 4.78 is 12.5. The summed E-state index contributed by atoms with van der Waals surface area (Å²) in [6, 6.07) is 20.0. The van der Waals surface area contributed by atoms with Gasteiger partial charge in [-0.2, -0.15) is 0 Å². The SMILES string of the molecule is Cc1ccc(CSc2nnc(N3C(=O)C(=O)C(=C(O)c4ccc5c(c4)C[C@H](C)O5)[C@@H]3c3cccc(OCCC(C)C)c3)s2)cc1. The van der Waals surface area contributed by atoms with Crippen LogP contribution in [-0.2, 0) is 21.8 Å². The standard InChI is InChI=1S/C35H35N3O5S2/c1-20(2)14-15-42-27-7-5-6-24(18-27)30-29(31(39)25-12-13-28-26(17-25)16-22(4)43-28)32(40)33(41)38(30)34-36-37-35(45-34)44-19-23-10-8-21(3)9-11-23/h5-13,17-18,20,22,30,39H,14-16,19H2,1-4H3/t22-,30-/m0/s1. The average molecular weight is 642 g/mol. The molecule has 4 aromatic rings. The molecular formula is C35H35N3O5S2. The minimum absolute atomic E-state index is 0.00435. The van der Waals surface area contributed by atoms with Crippen molar-refractivity contribution in [3.63, 3.8) is 0 Å². The fourth-order valence-electron chi connectivity index (χ4n) is 5.44. The zero-order valence-corrected chi connectivity index (χ0v) is 27.3. The van der Waals surface area contributed by atoms with Gasteiger partial charge in [0.05, 0.1) is 18.2 Å². The summed E-state index contributed by atoms with van der Waals surface area (Å²) in [5, 5.41) is 20.7. The van der Waals surface area contributed by atoms with E-state index in [4.69, 9.17) is 9.47 Å². The molecule has 232 valence electrons. The van der Waals surface area contributed by atoms with Gasteiger partial charge in [0.25, 0.3) is 5.78 Å². The third-order valence-corrected chi connectivity index (χ3v) is 9.96. The molecule has 1 N–H and O–H groups in total. The van der Waals surface area contributed by atoms with Crippen LogP contribution in [0, 0.1) is 12.8 Å². The van der Waals surface area contributed by atoms with Crippen LogP contribution in [0.25, 0.3) is 5.76 Å². The summed E-state index contributed by atoms with van der Waals surface area (Å²) >= 11 is 2.76. The summed E-state index contributed by atoms with van der Waals surface area (Å²) in [7, 11) is 0. The van der Waals surface area contributed by atoms with Crippen LogP contribution in [-0.4, -0.2) is 39.7 Å². The van der Waals surface area contributed by atoms with Crippen LogP contribution in [0.2, 0.25) is 0 Å². The number of thioether (sulfide) groups is 1. The van der Waals surface area contributed by atoms with Gasteiger partial charge in [-0.3, -0.25) is 14.5 Å². The second-order valence-corrected chi connectivity index (χ2v) is 14.0. The van der Waals surface area contributed by atoms with Crippen molar-refractivity contribution in [3.05, 3.63) is 100 Å². The number of ketones is 1. The Bertz CT molecular complexity index is 1770. The maximum atomic E-state index is 13.7. The molecule has 0 spiro atoms. The predicted octanol–water partition coefficient (Wildman–Crippen LogP) is 7.51. The Kier molecular flexibility index (Phi) is 8.96. The molecule has 0 bridgehead atoms. The fourth-order valence-corrected chi connectivity index (χ4v) is 7.27. The van der Waals surface area contributed by atoms with Gasteiger partial charge in [0.2, 0.25) is 5.13 Å². The van der Waals surface area contributed by atoms with Crippen molar-refractivity contribution in [2.75, 3.05) is 11.5 Å². The smallest absolute Gasteiger partial charge is 0.301 e. The van der Waals surface area contributed by atoms with E-state index in [1.54, 1.807) is 12.1 Å². The number of aromatic nitrogens is 2. The van der Waals surface area contributed by atoms with Gasteiger partial charge in [-0.05, 0) is 73.2 Å². The van der Waals surface area contributed by atoms with E-state index in [1.165, 1.54) is 33.6 Å². The van der Waals surface area contributed by atoms with Crippen LogP contribution in [0.15, 0.2) is 76.6 Å². The van der Waals surface area contributed by atoms with Crippen LogP contribution in [0.5, 0.6) is 11.5 Å². The first kappa shape index (κ1) is 30.9. The van der Waals surface area contributed by atoms with E-state index in [2.05, 4.69) is 48.3 Å². The zero-order chi connectivity index (χ0) is 31.7. The average Bonchev–Trinajstić information content (AvgIpc) is 3.71. The number of aliphatic hydroxyl groups is 1. The number of aliphatic hydroxyl groups excluding tert-OH is 1. The molecule has 2 aliphatic rings. The first-order valence-corrected chi connectivity index (χ1v) is 16.8. The minimum Gasteiger partial charge on any atom is -0.507 e. The lowest BCUT2D eigenvalue weighted by molar-refractivity contribution is -0.132. The van der Waals surface area contributed by atoms with E-state index >= 15 is 0 Å². The molecule has 2 atom stereocenters. The summed E-state index contributed by atoms with van der Waals surface area (Å²) in [6.45, 7) is 8.83. The summed E-state index contributed by atoms with van der Waals surface area (Å²) in [5.41, 5.74) is 4.35. The van der Waals surface area contributed by atoms with E-state index in [1.807, 2.05) is 44.2 Å². The van der Waals surface area contributed by atoms with Crippen LogP contribution >= 0.6 is 23.1 Å². The number of nitrogens with zero attached hydrogens (tertiary/aromatic N) is 3. The molecule has 0 saturated carbocycles. The number of hydrogen-bond acceptors (Lipinski definition) is 9. The molecule has 0 radical (unpaired) electrons. The maximum absolute atomic E-state index is 13.7. The fraction of sp³-hybridized carbons (Fsp3) is 0.314. The molecule has 6 rings (SSSR count). The van der Waals surface area contributed by atoms with Crippen molar-refractivity contribution in [2.24, 2.45) is 5.92 Å². The molecule has 0 aliphatic carbocycles. The van der Waals surface area contributed by atoms with E-state index in [9.17, 15) is 14.7 Å². The molecule has 45 heavy (non-hydrogen) atoms. The summed E-state index contributed by atoms with van der Waals surface area (Å²) in [6.07, 6.45) is 1.60. The molecule has 3 aromatic carbocycles. The quantitative estimate of drug-likeness (QED) is 0.0624. The summed E-state index contributed by atoms with van der Waals surface area (Å²) in [4.78, 5) is 28.8. The number of benzene rings is 3. The Morgan fingerprint density at radius 3 is 2.69 bits per heavy atom. The molecule has 0 unspecified atom stereocenters. The van der Waals surface area contributed by atoms with Gasteiger partial charge in [0.15, 0.2) is 4.34 Å². The van der Waals surface area contributed by atoms with Crippen molar-refractivity contribution < 1.29 is 24.2 Å². The molecule has 1 fully saturated rings. The van der Waals surface area contributed by atoms with Crippen LogP contribution < -0.4 is 14.4 Å².